The van der Waals surface area contributed by atoms with E-state index in [4.69, 9.17) is 0 Å². The molecule has 6 nitrogen and oxygen atoms in total. The summed E-state index contributed by atoms with van der Waals surface area (Å²) in [7, 11) is -3.34. The van der Waals surface area contributed by atoms with Crippen molar-refractivity contribution < 1.29 is 13.2 Å². The van der Waals surface area contributed by atoms with E-state index in [0.29, 0.717) is 5.82 Å². The molecule has 1 aromatic heterocycles. The number of amides is 1. The molecule has 112 valence electrons. The van der Waals surface area contributed by atoms with Gasteiger partial charge in [0.05, 0.1) is 11.1 Å². The van der Waals surface area contributed by atoms with E-state index >= 15 is 0 Å². The van der Waals surface area contributed by atoms with Gasteiger partial charge in [-0.05, 0) is 32.0 Å². The van der Waals surface area contributed by atoms with Crippen LogP contribution in [0.25, 0.3) is 0 Å². The van der Waals surface area contributed by atoms with Crippen LogP contribution in [0.2, 0.25) is 0 Å². The second-order valence-corrected chi connectivity index (χ2v) is 7.02. The highest BCUT2D eigenvalue weighted by Gasteiger charge is 2.14. The second kappa shape index (κ2) is 5.69. The van der Waals surface area contributed by atoms with Gasteiger partial charge in [0.25, 0.3) is 5.91 Å². The molecule has 2 aromatic rings. The van der Waals surface area contributed by atoms with Crippen LogP contribution in [0.1, 0.15) is 30.2 Å². The number of sulfone groups is 1. The molecule has 0 aliphatic heterocycles. The third kappa shape index (κ3) is 3.49. The third-order valence-electron chi connectivity index (χ3n) is 2.93. The minimum Gasteiger partial charge on any atom is -0.307 e. The van der Waals surface area contributed by atoms with Gasteiger partial charge in [0, 0.05) is 23.9 Å². The number of hydrogen-bond acceptors (Lipinski definition) is 4. The maximum absolute atomic E-state index is 12.2. The molecule has 7 heteroatoms. The maximum Gasteiger partial charge on any atom is 0.256 e. The third-order valence-corrected chi connectivity index (χ3v) is 4.04. The molecular weight excluding hydrogens is 290 g/mol. The maximum atomic E-state index is 12.2. The Bertz CT molecular complexity index is 763. The lowest BCUT2D eigenvalue weighted by Crippen LogP contribution is -2.17. The first kappa shape index (κ1) is 15.2. The molecule has 0 atom stereocenters. The molecule has 0 radical (unpaired) electrons. The molecule has 0 saturated heterocycles. The predicted octanol–water partition coefficient (Wildman–Crippen LogP) is 2.12. The minimum absolute atomic E-state index is 0.109. The number of anilines is 1. The van der Waals surface area contributed by atoms with Gasteiger partial charge in [0.2, 0.25) is 0 Å². The van der Waals surface area contributed by atoms with Gasteiger partial charge in [-0.25, -0.2) is 13.1 Å². The van der Waals surface area contributed by atoms with E-state index in [-0.39, 0.29) is 22.4 Å². The molecule has 0 aliphatic rings. The number of benzene rings is 1. The van der Waals surface area contributed by atoms with E-state index < -0.39 is 9.84 Å². The fraction of sp³-hybridized carbons (Fsp3) is 0.286. The minimum atomic E-state index is -3.34. The molecule has 21 heavy (non-hydrogen) atoms. The molecule has 2 rings (SSSR count). The van der Waals surface area contributed by atoms with E-state index in [1.165, 1.54) is 12.1 Å². The summed E-state index contributed by atoms with van der Waals surface area (Å²) < 4.78 is 24.7. The lowest BCUT2D eigenvalue weighted by Gasteiger charge is -2.12. The van der Waals surface area contributed by atoms with Crippen LogP contribution in [-0.4, -0.2) is 30.4 Å². The number of carbonyl (C=O) groups is 1. The van der Waals surface area contributed by atoms with Crippen molar-refractivity contribution in [3.8, 4) is 0 Å². The summed E-state index contributed by atoms with van der Waals surface area (Å²) in [5.74, 6) is 0.197. The van der Waals surface area contributed by atoms with Gasteiger partial charge in [-0.3, -0.25) is 4.79 Å². The average molecular weight is 307 g/mol. The molecule has 0 saturated carbocycles. The highest BCUT2D eigenvalue weighted by molar-refractivity contribution is 7.90. The Balaban J connectivity index is 2.27. The van der Waals surface area contributed by atoms with Crippen LogP contribution in [0.5, 0.6) is 0 Å². The summed E-state index contributed by atoms with van der Waals surface area (Å²) in [5, 5.41) is 6.86. The molecule has 0 fully saturated rings. The van der Waals surface area contributed by atoms with Crippen molar-refractivity contribution in [2.75, 3.05) is 11.6 Å². The van der Waals surface area contributed by atoms with Crippen molar-refractivity contribution in [1.82, 2.24) is 9.78 Å². The predicted molar refractivity (Wildman–Crippen MR) is 80.1 cm³/mol. The summed E-state index contributed by atoms with van der Waals surface area (Å²) in [4.78, 5) is 12.3. The lowest BCUT2D eigenvalue weighted by molar-refractivity contribution is 0.102. The number of nitrogens with one attached hydrogen (secondary N) is 1. The zero-order valence-electron chi connectivity index (χ0n) is 12.1. The van der Waals surface area contributed by atoms with Crippen molar-refractivity contribution in [2.24, 2.45) is 0 Å². The summed E-state index contributed by atoms with van der Waals surface area (Å²) in [6, 6.07) is 7.74. The number of carbonyl (C=O) groups excluding carboxylic acids is 1. The van der Waals surface area contributed by atoms with Crippen molar-refractivity contribution in [3.05, 3.63) is 42.1 Å². The van der Waals surface area contributed by atoms with E-state index in [1.54, 1.807) is 29.1 Å². The molecule has 0 spiro atoms. The van der Waals surface area contributed by atoms with Crippen LogP contribution in [0, 0.1) is 0 Å². The first-order valence-electron chi connectivity index (χ1n) is 6.44. The van der Waals surface area contributed by atoms with Gasteiger partial charge < -0.3 is 5.32 Å². The van der Waals surface area contributed by atoms with Crippen molar-refractivity contribution >= 4 is 21.6 Å². The van der Waals surface area contributed by atoms with Crippen LogP contribution in [0.4, 0.5) is 5.82 Å². The Morgan fingerprint density at radius 3 is 2.62 bits per heavy atom. The van der Waals surface area contributed by atoms with E-state index in [2.05, 4.69) is 10.4 Å². The molecule has 1 N–H and O–H groups in total. The zero-order chi connectivity index (χ0) is 15.6. The Hall–Kier alpha value is -2.15. The van der Waals surface area contributed by atoms with Crippen molar-refractivity contribution in [3.63, 3.8) is 0 Å². The molecule has 1 aromatic carbocycles. The van der Waals surface area contributed by atoms with Crippen LogP contribution < -0.4 is 5.32 Å². The van der Waals surface area contributed by atoms with Gasteiger partial charge in [-0.2, -0.15) is 5.10 Å². The number of aromatic nitrogens is 2. The quantitative estimate of drug-likeness (QED) is 0.938. The topological polar surface area (TPSA) is 81.1 Å². The SMILES string of the molecule is CC(C)n1nccc1NC(=O)c1cccc(S(C)(=O)=O)c1. The molecule has 1 amide bonds. The van der Waals surface area contributed by atoms with Gasteiger partial charge in [0.1, 0.15) is 5.82 Å². The molecule has 1 heterocycles. The Labute approximate surface area is 123 Å². The fourth-order valence-electron chi connectivity index (χ4n) is 1.88. The first-order chi connectivity index (χ1) is 9.79. The van der Waals surface area contributed by atoms with E-state index in [0.717, 1.165) is 6.26 Å². The van der Waals surface area contributed by atoms with Crippen LogP contribution in [0.15, 0.2) is 41.4 Å². The lowest BCUT2D eigenvalue weighted by atomic mass is 10.2. The Morgan fingerprint density at radius 2 is 2.00 bits per heavy atom. The van der Waals surface area contributed by atoms with Crippen LogP contribution in [0.3, 0.4) is 0 Å². The van der Waals surface area contributed by atoms with Crippen molar-refractivity contribution in [2.45, 2.75) is 24.8 Å². The average Bonchev–Trinajstić information content (AvgIpc) is 2.86. The van der Waals surface area contributed by atoms with E-state index in [1.807, 2.05) is 13.8 Å². The standard InChI is InChI=1S/C14H17N3O3S/c1-10(2)17-13(7-8-15-17)16-14(18)11-5-4-6-12(9-11)21(3,19)20/h4-10H,1-3H3,(H,16,18). The largest absolute Gasteiger partial charge is 0.307 e. The highest BCUT2D eigenvalue weighted by atomic mass is 32.2. The summed E-state index contributed by atoms with van der Waals surface area (Å²) >= 11 is 0. The highest BCUT2D eigenvalue weighted by Crippen LogP contribution is 2.16. The summed E-state index contributed by atoms with van der Waals surface area (Å²) in [5.41, 5.74) is 0.287. The fourth-order valence-corrected chi connectivity index (χ4v) is 2.55. The Kier molecular flexibility index (Phi) is 4.13. The normalized spacial score (nSPS) is 11.6. The monoisotopic (exact) mass is 307 g/mol. The second-order valence-electron chi connectivity index (χ2n) is 5.01. The van der Waals surface area contributed by atoms with Gasteiger partial charge in [-0.15, -0.1) is 0 Å². The number of hydrogen-bond donors (Lipinski definition) is 1. The van der Waals surface area contributed by atoms with Gasteiger partial charge >= 0.3 is 0 Å². The van der Waals surface area contributed by atoms with Crippen molar-refractivity contribution in [1.29, 1.82) is 0 Å². The molecule has 0 aliphatic carbocycles. The van der Waals surface area contributed by atoms with E-state index in [9.17, 15) is 13.2 Å². The molecule has 0 bridgehead atoms. The van der Waals surface area contributed by atoms with Gasteiger partial charge in [0.15, 0.2) is 9.84 Å². The van der Waals surface area contributed by atoms with Gasteiger partial charge in [-0.1, -0.05) is 6.07 Å². The van der Waals surface area contributed by atoms with Crippen LogP contribution >= 0.6 is 0 Å². The Morgan fingerprint density at radius 1 is 1.29 bits per heavy atom. The van der Waals surface area contributed by atoms with Crippen LogP contribution in [-0.2, 0) is 9.84 Å². The molecular formula is C14H17N3O3S. The number of rotatable bonds is 4. The summed E-state index contributed by atoms with van der Waals surface area (Å²) in [6.45, 7) is 3.90. The number of nitrogens with zero attached hydrogens (tertiary/aromatic N) is 2. The smallest absolute Gasteiger partial charge is 0.256 e. The zero-order valence-corrected chi connectivity index (χ0v) is 12.9. The molecule has 0 unspecified atom stereocenters. The first-order valence-corrected chi connectivity index (χ1v) is 8.33. The summed E-state index contributed by atoms with van der Waals surface area (Å²) in [6.07, 6.45) is 2.71.